The van der Waals surface area contributed by atoms with Gasteiger partial charge < -0.3 is 20.9 Å². The largest absolute Gasteiger partial charge is 0.382 e. The van der Waals surface area contributed by atoms with Gasteiger partial charge in [-0.2, -0.15) is 0 Å². The van der Waals surface area contributed by atoms with Crippen molar-refractivity contribution in [2.45, 2.75) is 51.7 Å². The zero-order valence-corrected chi connectivity index (χ0v) is 17.6. The first-order chi connectivity index (χ1) is 14.0. The minimum Gasteiger partial charge on any atom is -0.382 e. The highest BCUT2D eigenvalue weighted by Crippen LogP contribution is 2.43. The minimum absolute atomic E-state index is 0.0998. The summed E-state index contributed by atoms with van der Waals surface area (Å²) in [6, 6.07) is 17.6. The number of anilines is 3. The number of fused-ring (bicyclic) bond motifs is 1. The smallest absolute Gasteiger partial charge is 0.224 e. The highest BCUT2D eigenvalue weighted by Gasteiger charge is 2.38. The summed E-state index contributed by atoms with van der Waals surface area (Å²) in [6.45, 7) is 8.17. The van der Waals surface area contributed by atoms with Gasteiger partial charge in [0.1, 0.15) is 0 Å². The number of nitrogens with one attached hydrogen (secondary N) is 3. The Kier molecular flexibility index (Phi) is 5.76. The quantitative estimate of drug-likeness (QED) is 0.722. The fraction of sp³-hybridized carbons (Fsp3) is 0.458. The molecule has 5 heteroatoms. The monoisotopic (exact) mass is 392 g/mol. The average molecular weight is 393 g/mol. The van der Waals surface area contributed by atoms with E-state index < -0.39 is 0 Å². The third-order valence-electron chi connectivity index (χ3n) is 6.46. The third kappa shape index (κ3) is 4.10. The summed E-state index contributed by atoms with van der Waals surface area (Å²) in [5.74, 6) is 0.378. The number of hydrogen-bond donors (Lipinski definition) is 3. The van der Waals surface area contributed by atoms with Gasteiger partial charge in [0, 0.05) is 47.6 Å². The van der Waals surface area contributed by atoms with Gasteiger partial charge in [0.15, 0.2) is 0 Å². The molecule has 2 aromatic rings. The molecule has 1 saturated heterocycles. The highest BCUT2D eigenvalue weighted by atomic mass is 16.2. The highest BCUT2D eigenvalue weighted by molar-refractivity contribution is 5.94. The van der Waals surface area contributed by atoms with Crippen molar-refractivity contribution in [2.75, 3.05) is 28.6 Å². The van der Waals surface area contributed by atoms with Crippen LogP contribution in [0.2, 0.25) is 0 Å². The number of carbonyl (C=O) groups is 1. The average Bonchev–Trinajstić information content (AvgIpc) is 2.73. The van der Waals surface area contributed by atoms with Crippen molar-refractivity contribution in [1.82, 2.24) is 5.32 Å². The van der Waals surface area contributed by atoms with Gasteiger partial charge in [-0.25, -0.2) is 0 Å². The minimum atomic E-state index is 0.0998. The van der Waals surface area contributed by atoms with Crippen LogP contribution in [0.5, 0.6) is 0 Å². The second-order valence-corrected chi connectivity index (χ2v) is 8.42. The van der Waals surface area contributed by atoms with Crippen LogP contribution in [0.15, 0.2) is 48.5 Å². The van der Waals surface area contributed by atoms with Crippen LogP contribution in [-0.4, -0.2) is 31.1 Å². The predicted molar refractivity (Wildman–Crippen MR) is 121 cm³/mol. The van der Waals surface area contributed by atoms with Crippen LogP contribution in [-0.2, 0) is 4.79 Å². The van der Waals surface area contributed by atoms with Crippen LogP contribution in [0.25, 0.3) is 0 Å². The molecule has 2 aromatic carbocycles. The van der Waals surface area contributed by atoms with E-state index in [4.69, 9.17) is 0 Å². The summed E-state index contributed by atoms with van der Waals surface area (Å²) in [4.78, 5) is 14.4. The summed E-state index contributed by atoms with van der Waals surface area (Å²) in [7, 11) is 0. The molecule has 0 bridgehead atoms. The molecule has 1 fully saturated rings. The lowest BCUT2D eigenvalue weighted by atomic mass is 9.82. The van der Waals surface area contributed by atoms with Crippen LogP contribution in [0.1, 0.15) is 45.2 Å². The maximum atomic E-state index is 12.5. The normalized spacial score (nSPS) is 24.7. The Morgan fingerprint density at radius 2 is 1.72 bits per heavy atom. The summed E-state index contributed by atoms with van der Waals surface area (Å²) < 4.78 is 0. The molecule has 0 spiro atoms. The standard InChI is InChI=1S/C24H32N4O/c1-16-17(2)28(18(3)29)23-10-9-21(26-20-11-13-25-14-12-20)15-22(23)24(16)27-19-7-5-4-6-8-19/h4-10,15-17,20,24-27H,11-14H2,1-3H3/t16?,17-,24?/m0/s1. The predicted octanol–water partition coefficient (Wildman–Crippen LogP) is 4.39. The van der Waals surface area contributed by atoms with Crippen molar-refractivity contribution < 1.29 is 4.79 Å². The first kappa shape index (κ1) is 19.8. The van der Waals surface area contributed by atoms with Gasteiger partial charge in [-0.15, -0.1) is 0 Å². The summed E-state index contributed by atoms with van der Waals surface area (Å²) >= 11 is 0. The fourth-order valence-corrected chi connectivity index (χ4v) is 4.71. The molecule has 1 amide bonds. The molecule has 2 aliphatic heterocycles. The SMILES string of the molecule is CC(=O)N1c2ccc(NC3CCNCC3)cc2C(Nc2ccccc2)C(C)[C@@H]1C. The Labute approximate surface area is 173 Å². The van der Waals surface area contributed by atoms with E-state index in [0.717, 1.165) is 43.0 Å². The summed E-state index contributed by atoms with van der Waals surface area (Å²) in [6.07, 6.45) is 2.27. The van der Waals surface area contributed by atoms with Gasteiger partial charge in [-0.3, -0.25) is 4.79 Å². The maximum Gasteiger partial charge on any atom is 0.224 e. The van der Waals surface area contributed by atoms with Gasteiger partial charge in [0.05, 0.1) is 6.04 Å². The van der Waals surface area contributed by atoms with Crippen molar-refractivity contribution in [3.63, 3.8) is 0 Å². The molecule has 0 radical (unpaired) electrons. The Balaban J connectivity index is 1.69. The molecule has 29 heavy (non-hydrogen) atoms. The number of amides is 1. The number of para-hydroxylation sites is 1. The molecule has 2 heterocycles. The van der Waals surface area contributed by atoms with Crippen molar-refractivity contribution in [2.24, 2.45) is 5.92 Å². The second-order valence-electron chi connectivity index (χ2n) is 8.42. The van der Waals surface area contributed by atoms with E-state index in [-0.39, 0.29) is 23.9 Å². The zero-order chi connectivity index (χ0) is 20.4. The molecule has 154 valence electrons. The lowest BCUT2D eigenvalue weighted by Crippen LogP contribution is -2.48. The van der Waals surface area contributed by atoms with E-state index in [9.17, 15) is 4.79 Å². The molecule has 4 rings (SSSR count). The van der Waals surface area contributed by atoms with Crippen LogP contribution in [0.3, 0.4) is 0 Å². The van der Waals surface area contributed by atoms with E-state index >= 15 is 0 Å². The van der Waals surface area contributed by atoms with Crippen LogP contribution in [0.4, 0.5) is 17.1 Å². The van der Waals surface area contributed by atoms with Crippen molar-refractivity contribution in [1.29, 1.82) is 0 Å². The fourth-order valence-electron chi connectivity index (χ4n) is 4.71. The van der Waals surface area contributed by atoms with Crippen molar-refractivity contribution in [3.05, 3.63) is 54.1 Å². The van der Waals surface area contributed by atoms with Crippen molar-refractivity contribution >= 4 is 23.0 Å². The lowest BCUT2D eigenvalue weighted by Gasteiger charge is -2.44. The number of nitrogens with zero attached hydrogens (tertiary/aromatic N) is 1. The van der Waals surface area contributed by atoms with Gasteiger partial charge in [0.25, 0.3) is 0 Å². The topological polar surface area (TPSA) is 56.4 Å². The Morgan fingerprint density at radius 3 is 2.41 bits per heavy atom. The number of carbonyl (C=O) groups excluding carboxylic acids is 1. The Hall–Kier alpha value is -2.53. The number of benzene rings is 2. The van der Waals surface area contributed by atoms with Gasteiger partial charge in [-0.05, 0) is 63.2 Å². The molecule has 2 aliphatic rings. The second kappa shape index (κ2) is 8.46. The maximum absolute atomic E-state index is 12.5. The van der Waals surface area contributed by atoms with Gasteiger partial charge in [0.2, 0.25) is 5.91 Å². The van der Waals surface area contributed by atoms with E-state index in [2.05, 4.69) is 72.3 Å². The Bertz CT molecular complexity index is 847. The summed E-state index contributed by atoms with van der Waals surface area (Å²) in [5.41, 5.74) is 4.46. The molecule has 5 nitrogen and oxygen atoms in total. The van der Waals surface area contributed by atoms with Crippen LogP contribution < -0.4 is 20.9 Å². The van der Waals surface area contributed by atoms with E-state index in [1.165, 1.54) is 5.56 Å². The molecule has 3 N–H and O–H groups in total. The van der Waals surface area contributed by atoms with Crippen molar-refractivity contribution in [3.8, 4) is 0 Å². The van der Waals surface area contributed by atoms with Crippen LogP contribution in [0, 0.1) is 5.92 Å². The van der Waals surface area contributed by atoms with E-state index in [1.54, 1.807) is 6.92 Å². The first-order valence-corrected chi connectivity index (χ1v) is 10.8. The van der Waals surface area contributed by atoms with Gasteiger partial charge in [-0.1, -0.05) is 25.1 Å². The Morgan fingerprint density at radius 1 is 1.00 bits per heavy atom. The summed E-state index contributed by atoms with van der Waals surface area (Å²) in [5, 5.41) is 10.9. The van der Waals surface area contributed by atoms with Gasteiger partial charge >= 0.3 is 0 Å². The molecule has 0 aliphatic carbocycles. The molecular weight excluding hydrogens is 360 g/mol. The zero-order valence-electron chi connectivity index (χ0n) is 17.6. The third-order valence-corrected chi connectivity index (χ3v) is 6.46. The number of hydrogen-bond acceptors (Lipinski definition) is 4. The van der Waals surface area contributed by atoms with Crippen LogP contribution >= 0.6 is 0 Å². The molecule has 2 unspecified atom stereocenters. The number of piperidine rings is 1. The number of rotatable bonds is 4. The first-order valence-electron chi connectivity index (χ1n) is 10.8. The van der Waals surface area contributed by atoms with E-state index in [0.29, 0.717) is 6.04 Å². The lowest BCUT2D eigenvalue weighted by molar-refractivity contribution is -0.117. The van der Waals surface area contributed by atoms with E-state index in [1.807, 2.05) is 11.0 Å². The molecule has 0 aromatic heterocycles. The molecule has 0 saturated carbocycles. The molecule has 3 atom stereocenters. The molecular formula is C24H32N4O.